The molecular formula is C11H11ClN2O. The molecule has 2 aromatic rings. The Morgan fingerprint density at radius 2 is 2.20 bits per heavy atom. The lowest BCUT2D eigenvalue weighted by atomic mass is 10.2. The number of fused-ring (bicyclic) bond motifs is 1. The highest BCUT2D eigenvalue weighted by molar-refractivity contribution is 6.35. The second kappa shape index (κ2) is 4.47. The van der Waals surface area contributed by atoms with Crippen molar-refractivity contribution >= 4 is 22.5 Å². The Kier molecular flexibility index (Phi) is 3.04. The number of pyridine rings is 1. The predicted octanol–water partition coefficient (Wildman–Crippen LogP) is 2.23. The summed E-state index contributed by atoms with van der Waals surface area (Å²) in [6.07, 6.45) is 1.68. The standard InChI is InChI=1S/C11H11ClN2O/c12-10-3-5-14-11-7-8(15-6-4-13)1-2-9(10)11/h1-3,5,7H,4,6,13H2. The van der Waals surface area contributed by atoms with E-state index in [9.17, 15) is 0 Å². The topological polar surface area (TPSA) is 48.1 Å². The van der Waals surface area contributed by atoms with Crippen molar-refractivity contribution in [3.8, 4) is 5.75 Å². The van der Waals surface area contributed by atoms with E-state index in [1.54, 1.807) is 12.3 Å². The first kappa shape index (κ1) is 10.2. The second-order valence-electron chi connectivity index (χ2n) is 3.11. The van der Waals surface area contributed by atoms with Crippen molar-refractivity contribution in [2.75, 3.05) is 13.2 Å². The highest BCUT2D eigenvalue weighted by Gasteiger charge is 2.01. The van der Waals surface area contributed by atoms with E-state index in [1.165, 1.54) is 0 Å². The molecule has 0 unspecified atom stereocenters. The van der Waals surface area contributed by atoms with Crippen LogP contribution in [0.4, 0.5) is 0 Å². The van der Waals surface area contributed by atoms with Gasteiger partial charge in [0.15, 0.2) is 0 Å². The zero-order valence-electron chi connectivity index (χ0n) is 8.11. The van der Waals surface area contributed by atoms with Gasteiger partial charge in [-0.05, 0) is 18.2 Å². The zero-order chi connectivity index (χ0) is 10.7. The Balaban J connectivity index is 2.39. The normalized spacial score (nSPS) is 10.5. The number of halogens is 1. The Morgan fingerprint density at radius 3 is 3.00 bits per heavy atom. The summed E-state index contributed by atoms with van der Waals surface area (Å²) in [5.74, 6) is 0.766. The average Bonchev–Trinajstić information content (AvgIpc) is 2.26. The minimum absolute atomic E-state index is 0.501. The molecule has 1 heterocycles. The van der Waals surface area contributed by atoms with Crippen LogP contribution in [0.2, 0.25) is 5.02 Å². The van der Waals surface area contributed by atoms with Crippen molar-refractivity contribution < 1.29 is 4.74 Å². The molecule has 2 rings (SSSR count). The van der Waals surface area contributed by atoms with Crippen LogP contribution in [0.3, 0.4) is 0 Å². The number of benzene rings is 1. The Labute approximate surface area is 92.8 Å². The first-order valence-electron chi connectivity index (χ1n) is 4.68. The van der Waals surface area contributed by atoms with E-state index in [0.29, 0.717) is 18.2 Å². The summed E-state index contributed by atoms with van der Waals surface area (Å²) >= 11 is 6.01. The molecule has 1 aromatic heterocycles. The van der Waals surface area contributed by atoms with E-state index in [2.05, 4.69) is 4.98 Å². The number of ether oxygens (including phenoxy) is 1. The van der Waals surface area contributed by atoms with Crippen molar-refractivity contribution in [2.24, 2.45) is 5.73 Å². The van der Waals surface area contributed by atoms with Crippen molar-refractivity contribution in [1.29, 1.82) is 0 Å². The van der Waals surface area contributed by atoms with Crippen molar-refractivity contribution in [1.82, 2.24) is 4.98 Å². The van der Waals surface area contributed by atoms with Crippen LogP contribution in [0.1, 0.15) is 0 Å². The number of hydrogen-bond acceptors (Lipinski definition) is 3. The third-order valence-corrected chi connectivity index (χ3v) is 2.38. The Morgan fingerprint density at radius 1 is 1.33 bits per heavy atom. The molecule has 0 aliphatic rings. The molecule has 0 radical (unpaired) electrons. The van der Waals surface area contributed by atoms with Crippen LogP contribution < -0.4 is 10.5 Å². The van der Waals surface area contributed by atoms with E-state index >= 15 is 0 Å². The number of nitrogens with two attached hydrogens (primary N) is 1. The Bertz CT molecular complexity index is 473. The molecule has 0 fully saturated rings. The lowest BCUT2D eigenvalue weighted by molar-refractivity contribution is 0.328. The summed E-state index contributed by atoms with van der Waals surface area (Å²) in [5, 5.41) is 1.63. The fourth-order valence-corrected chi connectivity index (χ4v) is 1.58. The molecule has 0 bridgehead atoms. The van der Waals surface area contributed by atoms with Crippen molar-refractivity contribution in [3.05, 3.63) is 35.5 Å². The molecule has 0 atom stereocenters. The maximum absolute atomic E-state index is 6.01. The van der Waals surface area contributed by atoms with Gasteiger partial charge in [-0.2, -0.15) is 0 Å². The van der Waals surface area contributed by atoms with E-state index in [0.717, 1.165) is 16.7 Å². The van der Waals surface area contributed by atoms with Gasteiger partial charge in [0.1, 0.15) is 12.4 Å². The van der Waals surface area contributed by atoms with Crippen molar-refractivity contribution in [3.63, 3.8) is 0 Å². The van der Waals surface area contributed by atoms with Gasteiger partial charge in [0.2, 0.25) is 0 Å². The summed E-state index contributed by atoms with van der Waals surface area (Å²) < 4.78 is 5.40. The molecule has 0 amide bonds. The van der Waals surface area contributed by atoms with E-state index in [-0.39, 0.29) is 0 Å². The summed E-state index contributed by atoms with van der Waals surface area (Å²) in [6.45, 7) is 1.01. The molecule has 0 aliphatic heterocycles. The summed E-state index contributed by atoms with van der Waals surface area (Å²) in [5.41, 5.74) is 6.18. The SMILES string of the molecule is NCCOc1ccc2c(Cl)ccnc2c1. The molecule has 1 aromatic carbocycles. The van der Waals surface area contributed by atoms with Gasteiger partial charge in [-0.1, -0.05) is 11.6 Å². The molecular weight excluding hydrogens is 212 g/mol. The van der Waals surface area contributed by atoms with Gasteiger partial charge in [0, 0.05) is 24.2 Å². The molecule has 0 aliphatic carbocycles. The minimum atomic E-state index is 0.501. The second-order valence-corrected chi connectivity index (χ2v) is 3.52. The zero-order valence-corrected chi connectivity index (χ0v) is 8.87. The number of nitrogens with zero attached hydrogens (tertiary/aromatic N) is 1. The number of rotatable bonds is 3. The molecule has 0 spiro atoms. The third kappa shape index (κ3) is 2.19. The smallest absolute Gasteiger partial charge is 0.121 e. The maximum atomic E-state index is 6.01. The molecule has 0 saturated carbocycles. The molecule has 15 heavy (non-hydrogen) atoms. The predicted molar refractivity (Wildman–Crippen MR) is 61.3 cm³/mol. The van der Waals surface area contributed by atoms with Gasteiger partial charge >= 0.3 is 0 Å². The van der Waals surface area contributed by atoms with E-state index in [1.807, 2.05) is 18.2 Å². The van der Waals surface area contributed by atoms with Gasteiger partial charge < -0.3 is 10.5 Å². The minimum Gasteiger partial charge on any atom is -0.492 e. The van der Waals surface area contributed by atoms with Crippen LogP contribution in [-0.2, 0) is 0 Å². The fourth-order valence-electron chi connectivity index (χ4n) is 1.36. The molecule has 4 heteroatoms. The number of hydrogen-bond donors (Lipinski definition) is 1. The fraction of sp³-hybridized carbons (Fsp3) is 0.182. The van der Waals surface area contributed by atoms with Crippen LogP contribution in [0.25, 0.3) is 10.9 Å². The molecule has 3 nitrogen and oxygen atoms in total. The lowest BCUT2D eigenvalue weighted by Gasteiger charge is -2.05. The van der Waals surface area contributed by atoms with Crippen LogP contribution >= 0.6 is 11.6 Å². The van der Waals surface area contributed by atoms with Gasteiger partial charge in [0.25, 0.3) is 0 Å². The van der Waals surface area contributed by atoms with Crippen LogP contribution in [-0.4, -0.2) is 18.1 Å². The lowest BCUT2D eigenvalue weighted by Crippen LogP contribution is -2.10. The van der Waals surface area contributed by atoms with Crippen LogP contribution in [0.15, 0.2) is 30.5 Å². The monoisotopic (exact) mass is 222 g/mol. The molecule has 0 saturated heterocycles. The molecule has 2 N–H and O–H groups in total. The van der Waals surface area contributed by atoms with Gasteiger partial charge in [-0.25, -0.2) is 0 Å². The quantitative estimate of drug-likeness (QED) is 0.867. The largest absolute Gasteiger partial charge is 0.492 e. The number of aromatic nitrogens is 1. The first-order chi connectivity index (χ1) is 7.31. The maximum Gasteiger partial charge on any atom is 0.121 e. The van der Waals surface area contributed by atoms with Gasteiger partial charge in [-0.3, -0.25) is 4.98 Å². The summed E-state index contributed by atoms with van der Waals surface area (Å²) in [4.78, 5) is 4.22. The van der Waals surface area contributed by atoms with Gasteiger partial charge in [-0.15, -0.1) is 0 Å². The van der Waals surface area contributed by atoms with Gasteiger partial charge in [0.05, 0.1) is 10.5 Å². The average molecular weight is 223 g/mol. The first-order valence-corrected chi connectivity index (χ1v) is 5.06. The van der Waals surface area contributed by atoms with E-state index in [4.69, 9.17) is 22.1 Å². The van der Waals surface area contributed by atoms with E-state index < -0.39 is 0 Å². The highest BCUT2D eigenvalue weighted by atomic mass is 35.5. The van der Waals surface area contributed by atoms with Crippen LogP contribution in [0.5, 0.6) is 5.75 Å². The molecule has 78 valence electrons. The Hall–Kier alpha value is -1.32. The third-order valence-electron chi connectivity index (χ3n) is 2.05. The summed E-state index contributed by atoms with van der Waals surface area (Å²) in [6, 6.07) is 7.39. The summed E-state index contributed by atoms with van der Waals surface area (Å²) in [7, 11) is 0. The van der Waals surface area contributed by atoms with Crippen molar-refractivity contribution in [2.45, 2.75) is 0 Å². The highest BCUT2D eigenvalue weighted by Crippen LogP contribution is 2.24. The van der Waals surface area contributed by atoms with Crippen LogP contribution in [0, 0.1) is 0 Å².